The van der Waals surface area contributed by atoms with E-state index in [0.717, 1.165) is 32.0 Å². The third kappa shape index (κ3) is 3.79. The van der Waals surface area contributed by atoms with Gasteiger partial charge in [-0.3, -0.25) is 14.2 Å². The van der Waals surface area contributed by atoms with E-state index in [4.69, 9.17) is 0 Å². The van der Waals surface area contributed by atoms with Crippen LogP contribution in [0.3, 0.4) is 0 Å². The van der Waals surface area contributed by atoms with Crippen LogP contribution in [0, 0.1) is 25.2 Å². The van der Waals surface area contributed by atoms with Crippen molar-refractivity contribution >= 4 is 16.6 Å². The van der Waals surface area contributed by atoms with Gasteiger partial charge in [0.2, 0.25) is 5.88 Å². The van der Waals surface area contributed by atoms with Crippen molar-refractivity contribution in [2.45, 2.75) is 26.8 Å². The molecule has 0 saturated carbocycles. The van der Waals surface area contributed by atoms with Gasteiger partial charge in [0.15, 0.2) is 5.78 Å². The normalized spacial score (nSPS) is 10.8. The van der Waals surface area contributed by atoms with Gasteiger partial charge in [-0.05, 0) is 41.3 Å². The first kappa shape index (κ1) is 21.1. The molecule has 0 aliphatic rings. The predicted molar refractivity (Wildman–Crippen MR) is 124 cm³/mol. The summed E-state index contributed by atoms with van der Waals surface area (Å²) < 4.78 is 1.10. The van der Waals surface area contributed by atoms with E-state index in [1.807, 2.05) is 79.7 Å². The molecular formula is C27H22N2O3. The number of pyridine rings is 1. The zero-order valence-electron chi connectivity index (χ0n) is 17.9. The number of benzene rings is 3. The molecule has 0 spiro atoms. The number of aromatic nitrogens is 1. The van der Waals surface area contributed by atoms with Gasteiger partial charge in [0.25, 0.3) is 5.56 Å². The minimum absolute atomic E-state index is 0.0150. The van der Waals surface area contributed by atoms with Crippen LogP contribution in [0.25, 0.3) is 10.8 Å². The molecule has 0 amide bonds. The fourth-order valence-corrected chi connectivity index (χ4v) is 4.02. The van der Waals surface area contributed by atoms with Gasteiger partial charge in [0, 0.05) is 6.42 Å². The number of aryl methyl sites for hydroxylation is 1. The van der Waals surface area contributed by atoms with Crippen LogP contribution in [0.15, 0.2) is 71.5 Å². The van der Waals surface area contributed by atoms with Crippen molar-refractivity contribution in [2.24, 2.45) is 0 Å². The maximum atomic E-state index is 13.3. The van der Waals surface area contributed by atoms with Crippen LogP contribution in [0.2, 0.25) is 0 Å². The van der Waals surface area contributed by atoms with Gasteiger partial charge in [-0.15, -0.1) is 0 Å². The average molecular weight is 422 g/mol. The molecule has 32 heavy (non-hydrogen) atoms. The van der Waals surface area contributed by atoms with Crippen LogP contribution in [0.5, 0.6) is 5.88 Å². The molecule has 0 aliphatic heterocycles. The Kier molecular flexibility index (Phi) is 5.61. The Morgan fingerprint density at radius 3 is 2.41 bits per heavy atom. The Morgan fingerprint density at radius 1 is 1.00 bits per heavy atom. The molecule has 0 radical (unpaired) electrons. The summed E-state index contributed by atoms with van der Waals surface area (Å²) in [5, 5.41) is 22.5. The SMILES string of the molecule is Cc1ccc(Cn2c(O)c(C(=O)Cc3cccc4ccccc34)c(C)c(C#N)c2=O)cc1. The van der Waals surface area contributed by atoms with Gasteiger partial charge < -0.3 is 5.11 Å². The highest BCUT2D eigenvalue weighted by Gasteiger charge is 2.24. The van der Waals surface area contributed by atoms with Crippen molar-refractivity contribution < 1.29 is 9.90 Å². The second-order valence-corrected chi connectivity index (χ2v) is 7.93. The Labute approximate surface area is 185 Å². The lowest BCUT2D eigenvalue weighted by molar-refractivity contribution is 0.0988. The molecule has 0 aliphatic carbocycles. The molecule has 5 heteroatoms. The van der Waals surface area contributed by atoms with Crippen LogP contribution in [-0.2, 0) is 13.0 Å². The van der Waals surface area contributed by atoms with E-state index in [1.165, 1.54) is 6.92 Å². The molecule has 158 valence electrons. The summed E-state index contributed by atoms with van der Waals surface area (Å²) in [7, 11) is 0. The molecule has 3 aromatic carbocycles. The lowest BCUT2D eigenvalue weighted by Gasteiger charge is -2.16. The Morgan fingerprint density at radius 2 is 1.69 bits per heavy atom. The van der Waals surface area contributed by atoms with Gasteiger partial charge in [-0.25, -0.2) is 0 Å². The number of aromatic hydroxyl groups is 1. The minimum Gasteiger partial charge on any atom is -0.494 e. The topological polar surface area (TPSA) is 83.1 Å². The van der Waals surface area contributed by atoms with E-state index in [0.29, 0.717) is 0 Å². The summed E-state index contributed by atoms with van der Waals surface area (Å²) in [4.78, 5) is 26.2. The fraction of sp³-hybridized carbons (Fsp3) is 0.148. The third-order valence-corrected chi connectivity index (χ3v) is 5.77. The predicted octanol–water partition coefficient (Wildman–Crippen LogP) is 4.67. The summed E-state index contributed by atoms with van der Waals surface area (Å²) in [5.41, 5.74) is 2.16. The largest absolute Gasteiger partial charge is 0.494 e. The van der Waals surface area contributed by atoms with Gasteiger partial charge in [-0.1, -0.05) is 72.3 Å². The van der Waals surface area contributed by atoms with Gasteiger partial charge in [-0.2, -0.15) is 5.26 Å². The molecule has 0 fully saturated rings. The number of rotatable bonds is 5. The first-order valence-corrected chi connectivity index (χ1v) is 10.3. The van der Waals surface area contributed by atoms with Crippen molar-refractivity contribution in [1.29, 1.82) is 5.26 Å². The summed E-state index contributed by atoms with van der Waals surface area (Å²) in [6, 6.07) is 22.9. The summed E-state index contributed by atoms with van der Waals surface area (Å²) in [5.74, 6) is -0.747. The number of fused-ring (bicyclic) bond motifs is 1. The number of nitriles is 1. The maximum Gasteiger partial charge on any atom is 0.271 e. The molecular weight excluding hydrogens is 400 g/mol. The number of carbonyl (C=O) groups is 1. The molecule has 0 saturated heterocycles. The molecule has 1 N–H and O–H groups in total. The molecule has 4 aromatic rings. The van der Waals surface area contributed by atoms with Crippen LogP contribution in [0.1, 0.15) is 38.2 Å². The van der Waals surface area contributed by atoms with Crippen LogP contribution >= 0.6 is 0 Å². The lowest BCUT2D eigenvalue weighted by atomic mass is 9.94. The van der Waals surface area contributed by atoms with Crippen molar-refractivity contribution in [1.82, 2.24) is 4.57 Å². The summed E-state index contributed by atoms with van der Waals surface area (Å²) in [6.07, 6.45) is 0.0450. The number of hydrogen-bond donors (Lipinski definition) is 1. The smallest absolute Gasteiger partial charge is 0.271 e. The molecule has 0 unspecified atom stereocenters. The maximum absolute atomic E-state index is 13.3. The molecule has 1 aromatic heterocycles. The van der Waals surface area contributed by atoms with E-state index >= 15 is 0 Å². The number of nitrogens with zero attached hydrogens (tertiary/aromatic N) is 2. The fourth-order valence-electron chi connectivity index (χ4n) is 4.02. The monoisotopic (exact) mass is 422 g/mol. The van der Waals surface area contributed by atoms with E-state index < -0.39 is 11.4 Å². The molecule has 1 heterocycles. The van der Waals surface area contributed by atoms with Crippen molar-refractivity contribution in [3.63, 3.8) is 0 Å². The average Bonchev–Trinajstić information content (AvgIpc) is 2.78. The first-order valence-electron chi connectivity index (χ1n) is 10.3. The second-order valence-electron chi connectivity index (χ2n) is 7.93. The Balaban J connectivity index is 1.81. The third-order valence-electron chi connectivity index (χ3n) is 5.77. The lowest BCUT2D eigenvalue weighted by Crippen LogP contribution is -2.27. The van der Waals surface area contributed by atoms with Gasteiger partial charge in [0.05, 0.1) is 12.1 Å². The summed E-state index contributed by atoms with van der Waals surface area (Å²) >= 11 is 0. The zero-order valence-corrected chi connectivity index (χ0v) is 17.9. The molecule has 5 nitrogen and oxygen atoms in total. The van der Waals surface area contributed by atoms with Crippen molar-refractivity contribution in [2.75, 3.05) is 0 Å². The minimum atomic E-state index is -0.607. The van der Waals surface area contributed by atoms with Crippen LogP contribution in [-0.4, -0.2) is 15.5 Å². The Hall–Kier alpha value is -4.17. The number of ketones is 1. The zero-order chi connectivity index (χ0) is 22.8. The second kappa shape index (κ2) is 8.52. The van der Waals surface area contributed by atoms with E-state index in [9.17, 15) is 20.0 Å². The first-order chi connectivity index (χ1) is 15.4. The van der Waals surface area contributed by atoms with Gasteiger partial charge in [0.1, 0.15) is 11.6 Å². The van der Waals surface area contributed by atoms with E-state index in [-0.39, 0.29) is 35.4 Å². The highest BCUT2D eigenvalue weighted by molar-refractivity contribution is 6.03. The number of Topliss-reactive ketones (excluding diaryl/α,β-unsaturated/α-hetero) is 1. The van der Waals surface area contributed by atoms with Gasteiger partial charge >= 0.3 is 0 Å². The van der Waals surface area contributed by atoms with Crippen LogP contribution < -0.4 is 5.56 Å². The van der Waals surface area contributed by atoms with Crippen molar-refractivity contribution in [3.05, 3.63) is 110 Å². The van der Waals surface area contributed by atoms with E-state index in [2.05, 4.69) is 0 Å². The standard InChI is InChI=1S/C27H22N2O3/c1-17-10-12-19(13-11-17)16-29-26(31)23(15-28)18(2)25(27(29)32)24(30)14-21-8-5-7-20-6-3-4-9-22(20)21/h3-13,32H,14,16H2,1-2H3. The molecule has 4 rings (SSSR count). The highest BCUT2D eigenvalue weighted by atomic mass is 16.3. The quantitative estimate of drug-likeness (QED) is 0.474. The molecule has 0 bridgehead atoms. The number of hydrogen-bond acceptors (Lipinski definition) is 4. The summed E-state index contributed by atoms with van der Waals surface area (Å²) in [6.45, 7) is 3.55. The molecule has 0 atom stereocenters. The van der Waals surface area contributed by atoms with Crippen molar-refractivity contribution in [3.8, 4) is 11.9 Å². The highest BCUT2D eigenvalue weighted by Crippen LogP contribution is 2.26. The van der Waals surface area contributed by atoms with Crippen LogP contribution in [0.4, 0.5) is 0 Å². The number of carbonyl (C=O) groups excluding carboxylic acids is 1. The van der Waals surface area contributed by atoms with E-state index in [1.54, 1.807) is 0 Å². The Bertz CT molecular complexity index is 1440.